The van der Waals surface area contributed by atoms with Gasteiger partial charge in [0.05, 0.1) is 13.0 Å². The molecule has 0 aromatic heterocycles. The van der Waals surface area contributed by atoms with Gasteiger partial charge >= 0.3 is 5.97 Å². The third-order valence-corrected chi connectivity index (χ3v) is 3.00. The van der Waals surface area contributed by atoms with Gasteiger partial charge in [-0.3, -0.25) is 9.59 Å². The van der Waals surface area contributed by atoms with Gasteiger partial charge in [0.2, 0.25) is 5.91 Å². The molecule has 4 heteroatoms. The van der Waals surface area contributed by atoms with Crippen molar-refractivity contribution in [1.82, 2.24) is 4.90 Å². The van der Waals surface area contributed by atoms with E-state index < -0.39 is 5.97 Å². The monoisotopic (exact) mass is 285 g/mol. The number of carbonyl (C=O) groups excluding carboxylic acids is 1. The smallest absolute Gasteiger partial charge is 0.303 e. The molecule has 0 atom stereocenters. The Morgan fingerprint density at radius 3 is 2.67 bits per heavy atom. The molecule has 0 bridgehead atoms. The number of aliphatic carboxylic acids is 1. The van der Waals surface area contributed by atoms with E-state index in [1.165, 1.54) is 4.90 Å². The van der Waals surface area contributed by atoms with Gasteiger partial charge in [-0.1, -0.05) is 42.3 Å². The quantitative estimate of drug-likeness (QED) is 0.782. The maximum Gasteiger partial charge on any atom is 0.303 e. The van der Waals surface area contributed by atoms with Gasteiger partial charge < -0.3 is 10.0 Å². The molecule has 0 unspecified atom stereocenters. The van der Waals surface area contributed by atoms with E-state index in [0.717, 1.165) is 11.1 Å². The third-order valence-electron chi connectivity index (χ3n) is 3.00. The molecule has 0 aliphatic rings. The SMILES string of the molecule is C#CCN(C/C=C/c1ccccc1C)C(=O)CCC(=O)O. The molecule has 0 heterocycles. The Labute approximate surface area is 125 Å². The highest BCUT2D eigenvalue weighted by Crippen LogP contribution is 2.09. The lowest BCUT2D eigenvalue weighted by Gasteiger charge is -2.17. The maximum absolute atomic E-state index is 11.9. The standard InChI is InChI=1S/C17H19NO3/c1-3-12-18(16(19)10-11-17(20)21)13-6-9-15-8-5-4-7-14(15)2/h1,4-9H,10-13H2,2H3,(H,20,21)/b9-6+. The predicted molar refractivity (Wildman–Crippen MR) is 82.5 cm³/mol. The third kappa shape index (κ3) is 5.96. The number of carboxylic acid groups (broad SMARTS) is 1. The van der Waals surface area contributed by atoms with Crippen molar-refractivity contribution >= 4 is 18.0 Å². The average molecular weight is 285 g/mol. The largest absolute Gasteiger partial charge is 0.481 e. The van der Waals surface area contributed by atoms with Crippen LogP contribution >= 0.6 is 0 Å². The Bertz CT molecular complexity index is 570. The highest BCUT2D eigenvalue weighted by Gasteiger charge is 2.12. The van der Waals surface area contributed by atoms with Crippen molar-refractivity contribution in [2.24, 2.45) is 0 Å². The molecule has 0 spiro atoms. The minimum Gasteiger partial charge on any atom is -0.481 e. The second-order valence-corrected chi connectivity index (χ2v) is 4.63. The number of hydrogen-bond donors (Lipinski definition) is 1. The second-order valence-electron chi connectivity index (χ2n) is 4.63. The lowest BCUT2D eigenvalue weighted by atomic mass is 10.1. The van der Waals surface area contributed by atoms with E-state index in [1.807, 2.05) is 43.3 Å². The molecule has 21 heavy (non-hydrogen) atoms. The number of aryl methyl sites for hydroxylation is 1. The summed E-state index contributed by atoms with van der Waals surface area (Å²) in [5.74, 6) is 1.19. The topological polar surface area (TPSA) is 57.6 Å². The molecule has 1 aromatic rings. The summed E-state index contributed by atoms with van der Waals surface area (Å²) in [5.41, 5.74) is 2.23. The van der Waals surface area contributed by atoms with Gasteiger partial charge in [0.15, 0.2) is 0 Å². The summed E-state index contributed by atoms with van der Waals surface area (Å²) in [6.45, 7) is 2.56. The second kappa shape index (κ2) is 8.60. The van der Waals surface area contributed by atoms with Gasteiger partial charge in [0, 0.05) is 13.0 Å². The molecule has 1 amide bonds. The van der Waals surface area contributed by atoms with Gasteiger partial charge in [0.25, 0.3) is 0 Å². The minimum atomic E-state index is -0.987. The van der Waals surface area contributed by atoms with Gasteiger partial charge in [-0.15, -0.1) is 6.42 Å². The first-order chi connectivity index (χ1) is 10.0. The number of hydrogen-bond acceptors (Lipinski definition) is 2. The summed E-state index contributed by atoms with van der Waals surface area (Å²) in [6.07, 6.45) is 8.83. The molecule has 1 N–H and O–H groups in total. The maximum atomic E-state index is 11.9. The molecule has 1 rings (SSSR count). The van der Waals surface area contributed by atoms with Crippen LogP contribution in [0.4, 0.5) is 0 Å². The molecule has 0 aliphatic carbocycles. The number of amides is 1. The van der Waals surface area contributed by atoms with Gasteiger partial charge in [0.1, 0.15) is 0 Å². The van der Waals surface area contributed by atoms with Crippen LogP contribution < -0.4 is 0 Å². The highest BCUT2D eigenvalue weighted by atomic mass is 16.4. The van der Waals surface area contributed by atoms with Crippen LogP contribution in [-0.4, -0.2) is 35.0 Å². The number of carbonyl (C=O) groups is 2. The van der Waals surface area contributed by atoms with Crippen molar-refractivity contribution in [3.8, 4) is 12.3 Å². The van der Waals surface area contributed by atoms with E-state index in [-0.39, 0.29) is 25.3 Å². The zero-order valence-corrected chi connectivity index (χ0v) is 12.1. The lowest BCUT2D eigenvalue weighted by Crippen LogP contribution is -2.31. The first-order valence-electron chi connectivity index (χ1n) is 6.69. The van der Waals surface area contributed by atoms with E-state index in [4.69, 9.17) is 11.5 Å². The fraction of sp³-hybridized carbons (Fsp3) is 0.294. The average Bonchev–Trinajstić information content (AvgIpc) is 2.45. The van der Waals surface area contributed by atoms with E-state index >= 15 is 0 Å². The Kier molecular flexibility index (Phi) is 6.76. The Balaban J connectivity index is 2.62. The first-order valence-corrected chi connectivity index (χ1v) is 6.69. The van der Waals surface area contributed by atoms with E-state index in [0.29, 0.717) is 6.54 Å². The zero-order chi connectivity index (χ0) is 15.7. The molecule has 4 nitrogen and oxygen atoms in total. The molecule has 110 valence electrons. The number of benzene rings is 1. The summed E-state index contributed by atoms with van der Waals surface area (Å²) >= 11 is 0. The molecule has 0 saturated carbocycles. The first kappa shape index (κ1) is 16.5. The van der Waals surface area contributed by atoms with Crippen LogP contribution in [0.5, 0.6) is 0 Å². The van der Waals surface area contributed by atoms with Crippen LogP contribution in [0, 0.1) is 19.3 Å². The van der Waals surface area contributed by atoms with Crippen LogP contribution in [0.3, 0.4) is 0 Å². The van der Waals surface area contributed by atoms with Crippen molar-refractivity contribution in [3.05, 3.63) is 41.5 Å². The number of nitrogens with zero attached hydrogens (tertiary/aromatic N) is 1. The highest BCUT2D eigenvalue weighted by molar-refractivity contribution is 5.81. The lowest BCUT2D eigenvalue weighted by molar-refractivity contribution is -0.140. The van der Waals surface area contributed by atoms with Crippen LogP contribution in [0.15, 0.2) is 30.3 Å². The van der Waals surface area contributed by atoms with Crippen molar-refractivity contribution < 1.29 is 14.7 Å². The van der Waals surface area contributed by atoms with Gasteiger partial charge in [-0.25, -0.2) is 0 Å². The summed E-state index contributed by atoms with van der Waals surface area (Å²) in [4.78, 5) is 23.8. The van der Waals surface area contributed by atoms with Crippen molar-refractivity contribution in [2.45, 2.75) is 19.8 Å². The molecular weight excluding hydrogens is 266 g/mol. The Morgan fingerprint density at radius 1 is 1.33 bits per heavy atom. The van der Waals surface area contributed by atoms with Crippen LogP contribution in [0.2, 0.25) is 0 Å². The molecule has 0 radical (unpaired) electrons. The fourth-order valence-corrected chi connectivity index (χ4v) is 1.82. The van der Waals surface area contributed by atoms with Crippen LogP contribution in [0.25, 0.3) is 6.08 Å². The molecular formula is C17H19NO3. The van der Waals surface area contributed by atoms with E-state index in [1.54, 1.807) is 0 Å². The summed E-state index contributed by atoms with van der Waals surface area (Å²) in [6, 6.07) is 7.91. The predicted octanol–water partition coefficient (Wildman–Crippen LogP) is 2.33. The molecule has 1 aromatic carbocycles. The summed E-state index contributed by atoms with van der Waals surface area (Å²) in [7, 11) is 0. The van der Waals surface area contributed by atoms with Crippen molar-refractivity contribution in [1.29, 1.82) is 0 Å². The van der Waals surface area contributed by atoms with E-state index in [2.05, 4.69) is 5.92 Å². The molecule has 0 aliphatic heterocycles. The van der Waals surface area contributed by atoms with E-state index in [9.17, 15) is 9.59 Å². The van der Waals surface area contributed by atoms with Crippen LogP contribution in [0.1, 0.15) is 24.0 Å². The number of terminal acetylenes is 1. The molecule has 0 fully saturated rings. The Hall–Kier alpha value is -2.54. The molecule has 0 saturated heterocycles. The minimum absolute atomic E-state index is 0.0325. The van der Waals surface area contributed by atoms with Gasteiger partial charge in [-0.05, 0) is 18.1 Å². The zero-order valence-electron chi connectivity index (χ0n) is 12.1. The summed E-state index contributed by atoms with van der Waals surface area (Å²) in [5, 5.41) is 8.60. The van der Waals surface area contributed by atoms with Crippen molar-refractivity contribution in [2.75, 3.05) is 13.1 Å². The van der Waals surface area contributed by atoms with Crippen LogP contribution in [-0.2, 0) is 9.59 Å². The fourth-order valence-electron chi connectivity index (χ4n) is 1.82. The summed E-state index contributed by atoms with van der Waals surface area (Å²) < 4.78 is 0. The Morgan fingerprint density at radius 2 is 2.05 bits per heavy atom. The number of rotatable bonds is 7. The van der Waals surface area contributed by atoms with Crippen molar-refractivity contribution in [3.63, 3.8) is 0 Å². The normalized spacial score (nSPS) is 10.3. The number of carboxylic acids is 1. The van der Waals surface area contributed by atoms with Gasteiger partial charge in [-0.2, -0.15) is 0 Å².